The maximum Gasteiger partial charge on any atom is 0.270 e. The number of piperidine rings is 1. The van der Waals surface area contributed by atoms with E-state index in [4.69, 9.17) is 4.98 Å². The third-order valence-corrected chi connectivity index (χ3v) is 6.20. The van der Waals surface area contributed by atoms with E-state index >= 15 is 0 Å². The normalized spacial score (nSPS) is 15.4. The van der Waals surface area contributed by atoms with Crippen molar-refractivity contribution in [2.24, 2.45) is 0 Å². The Labute approximate surface area is 168 Å². The average Bonchev–Trinajstić information content (AvgIpc) is 3.05. The smallest absolute Gasteiger partial charge is 0.270 e. The van der Waals surface area contributed by atoms with E-state index in [1.54, 1.807) is 17.0 Å². The molecule has 0 radical (unpaired) electrons. The number of hydrogen-bond acceptors (Lipinski definition) is 3. The molecule has 0 amide bonds. The fraction of sp³-hybridized carbons (Fsp3) is 0.348. The molecule has 2 aromatic carbocycles. The lowest BCUT2D eigenvalue weighted by Gasteiger charge is -2.23. The fourth-order valence-electron chi connectivity index (χ4n) is 4.74. The number of nitro groups is 1. The summed E-state index contributed by atoms with van der Waals surface area (Å²) in [5, 5.41) is 13.1. The van der Waals surface area contributed by atoms with Crippen LogP contribution in [0.3, 0.4) is 0 Å². The first-order valence-electron chi connectivity index (χ1n) is 10.5. The van der Waals surface area contributed by atoms with Gasteiger partial charge in [0, 0.05) is 35.9 Å². The molecular weight excluding hydrogens is 364 g/mol. The summed E-state index contributed by atoms with van der Waals surface area (Å²) >= 11 is 0. The van der Waals surface area contributed by atoms with Crippen LogP contribution in [0.15, 0.2) is 48.5 Å². The van der Waals surface area contributed by atoms with Crippen molar-refractivity contribution in [3.05, 3.63) is 58.6 Å². The average molecular weight is 389 g/mol. The van der Waals surface area contributed by atoms with E-state index in [1.165, 1.54) is 50.5 Å². The van der Waals surface area contributed by atoms with E-state index in [9.17, 15) is 10.1 Å². The minimum atomic E-state index is -0.347. The van der Waals surface area contributed by atoms with Gasteiger partial charge in [0.05, 0.1) is 46.6 Å². The number of nitrogens with zero attached hydrogens (tertiary/aromatic N) is 3. The largest absolute Gasteiger partial charge is 0.339 e. The number of likely N-dealkylation sites (tertiary alicyclic amines) is 1. The van der Waals surface area contributed by atoms with E-state index in [0.717, 1.165) is 40.3 Å². The molecule has 0 spiro atoms. The van der Waals surface area contributed by atoms with Gasteiger partial charge in [-0.05, 0) is 37.5 Å². The molecule has 1 fully saturated rings. The fourth-order valence-corrected chi connectivity index (χ4v) is 4.74. The molecule has 2 aromatic heterocycles. The first-order chi connectivity index (χ1) is 14.2. The lowest BCUT2D eigenvalue weighted by Crippen LogP contribution is -3.12. The summed E-state index contributed by atoms with van der Waals surface area (Å²) in [4.78, 5) is 17.4. The third kappa shape index (κ3) is 3.34. The molecule has 148 valence electrons. The molecule has 4 aromatic rings. The summed E-state index contributed by atoms with van der Waals surface area (Å²) < 4.78 is 2.35. The summed E-state index contributed by atoms with van der Waals surface area (Å²) in [7, 11) is 0. The molecule has 29 heavy (non-hydrogen) atoms. The van der Waals surface area contributed by atoms with E-state index < -0.39 is 0 Å². The molecule has 0 atom stereocenters. The van der Waals surface area contributed by atoms with Crippen LogP contribution in [0.2, 0.25) is 0 Å². The Hall–Kier alpha value is -2.99. The number of para-hydroxylation sites is 1. The minimum Gasteiger partial charge on any atom is -0.339 e. The number of nitrogens with one attached hydrogen (secondary N) is 1. The van der Waals surface area contributed by atoms with Crippen molar-refractivity contribution in [3.8, 4) is 0 Å². The number of benzene rings is 2. The molecule has 1 aliphatic heterocycles. The highest BCUT2D eigenvalue weighted by atomic mass is 16.6. The quantitative estimate of drug-likeness (QED) is 0.418. The minimum absolute atomic E-state index is 0.106. The monoisotopic (exact) mass is 389 g/mol. The van der Waals surface area contributed by atoms with Crippen LogP contribution in [0.1, 0.15) is 25.7 Å². The number of non-ortho nitro benzene ring substituents is 1. The molecule has 1 aliphatic rings. The van der Waals surface area contributed by atoms with Gasteiger partial charge in [-0.15, -0.1) is 0 Å². The number of hydrogen-bond donors (Lipinski definition) is 1. The molecule has 3 heterocycles. The van der Waals surface area contributed by atoms with E-state index in [-0.39, 0.29) is 10.6 Å². The van der Waals surface area contributed by atoms with Crippen molar-refractivity contribution in [1.29, 1.82) is 0 Å². The lowest BCUT2D eigenvalue weighted by molar-refractivity contribution is -0.905. The predicted molar refractivity (Wildman–Crippen MR) is 115 cm³/mol. The Kier molecular flexibility index (Phi) is 4.64. The SMILES string of the molecule is O=[N+]([O-])c1ccc2nc3c4ccccc4n(CCC[NH+]4CCCCC4)c3cc2c1. The number of rotatable bonds is 5. The number of quaternary nitrogens is 1. The Morgan fingerprint density at radius 1 is 1.03 bits per heavy atom. The van der Waals surface area contributed by atoms with Gasteiger partial charge in [0.25, 0.3) is 5.69 Å². The van der Waals surface area contributed by atoms with Gasteiger partial charge in [0.15, 0.2) is 0 Å². The van der Waals surface area contributed by atoms with E-state index in [2.05, 4.69) is 28.8 Å². The van der Waals surface area contributed by atoms with Crippen molar-refractivity contribution in [2.45, 2.75) is 32.2 Å². The highest BCUT2D eigenvalue weighted by molar-refractivity contribution is 6.09. The van der Waals surface area contributed by atoms with Gasteiger partial charge < -0.3 is 9.47 Å². The van der Waals surface area contributed by atoms with Crippen molar-refractivity contribution in [3.63, 3.8) is 0 Å². The third-order valence-electron chi connectivity index (χ3n) is 6.20. The van der Waals surface area contributed by atoms with Crippen LogP contribution >= 0.6 is 0 Å². The summed E-state index contributed by atoms with van der Waals surface area (Å²) in [5.74, 6) is 0. The molecule has 5 rings (SSSR count). The molecule has 0 unspecified atom stereocenters. The van der Waals surface area contributed by atoms with Crippen LogP contribution < -0.4 is 4.90 Å². The van der Waals surface area contributed by atoms with Gasteiger partial charge in [0.1, 0.15) is 0 Å². The second-order valence-electron chi connectivity index (χ2n) is 8.07. The topological polar surface area (TPSA) is 65.4 Å². The first-order valence-corrected chi connectivity index (χ1v) is 10.5. The second kappa shape index (κ2) is 7.44. The van der Waals surface area contributed by atoms with Crippen LogP contribution in [-0.2, 0) is 6.54 Å². The lowest BCUT2D eigenvalue weighted by atomic mass is 10.1. The summed E-state index contributed by atoms with van der Waals surface area (Å²) in [6.07, 6.45) is 5.19. The Balaban J connectivity index is 1.56. The number of fused-ring (bicyclic) bond motifs is 4. The molecule has 6 heteroatoms. The number of aromatic nitrogens is 2. The van der Waals surface area contributed by atoms with Gasteiger partial charge in [-0.3, -0.25) is 10.1 Å². The second-order valence-corrected chi connectivity index (χ2v) is 8.07. The molecule has 1 N–H and O–H groups in total. The van der Waals surface area contributed by atoms with Gasteiger partial charge in [0.2, 0.25) is 0 Å². The highest BCUT2D eigenvalue weighted by Crippen LogP contribution is 2.31. The van der Waals surface area contributed by atoms with Crippen molar-refractivity contribution in [1.82, 2.24) is 9.55 Å². The van der Waals surface area contributed by atoms with Gasteiger partial charge in [-0.1, -0.05) is 18.2 Å². The standard InChI is InChI=1S/C23H24N4O2/c28-27(29)18-9-10-20-17(15-18)16-22-23(24-20)19-7-2-3-8-21(19)26(22)14-6-13-25-11-4-1-5-12-25/h2-3,7-10,15-16H,1,4-6,11-14H2/p+1. The number of pyridine rings is 1. The van der Waals surface area contributed by atoms with Crippen LogP contribution in [0.25, 0.3) is 32.8 Å². The highest BCUT2D eigenvalue weighted by Gasteiger charge is 2.16. The van der Waals surface area contributed by atoms with E-state index in [0.29, 0.717) is 0 Å². The first kappa shape index (κ1) is 18.1. The molecule has 6 nitrogen and oxygen atoms in total. The Morgan fingerprint density at radius 2 is 1.86 bits per heavy atom. The van der Waals surface area contributed by atoms with E-state index in [1.807, 2.05) is 6.07 Å². The Morgan fingerprint density at radius 3 is 2.69 bits per heavy atom. The number of aryl methyl sites for hydroxylation is 1. The zero-order valence-electron chi connectivity index (χ0n) is 16.4. The zero-order valence-corrected chi connectivity index (χ0v) is 16.4. The van der Waals surface area contributed by atoms with Crippen molar-refractivity contribution < 1.29 is 9.82 Å². The molecule has 1 saturated heterocycles. The maximum absolute atomic E-state index is 11.2. The van der Waals surface area contributed by atoms with Crippen LogP contribution in [-0.4, -0.2) is 34.1 Å². The van der Waals surface area contributed by atoms with Crippen LogP contribution in [0.4, 0.5) is 5.69 Å². The Bertz CT molecular complexity index is 1210. The zero-order chi connectivity index (χ0) is 19.8. The van der Waals surface area contributed by atoms with Crippen molar-refractivity contribution >= 4 is 38.5 Å². The van der Waals surface area contributed by atoms with Gasteiger partial charge >= 0.3 is 0 Å². The molecule has 0 aliphatic carbocycles. The summed E-state index contributed by atoms with van der Waals surface area (Å²) in [6.45, 7) is 4.72. The van der Waals surface area contributed by atoms with Crippen molar-refractivity contribution in [2.75, 3.05) is 19.6 Å². The molecular formula is C23H25N4O2+. The summed E-state index contributed by atoms with van der Waals surface area (Å²) in [5.41, 5.74) is 4.13. The maximum atomic E-state index is 11.2. The molecule has 0 bridgehead atoms. The summed E-state index contributed by atoms with van der Waals surface area (Å²) in [6, 6.07) is 15.4. The predicted octanol–water partition coefficient (Wildman–Crippen LogP) is 3.71. The van der Waals surface area contributed by atoms with Gasteiger partial charge in [-0.2, -0.15) is 0 Å². The van der Waals surface area contributed by atoms with Crippen LogP contribution in [0.5, 0.6) is 0 Å². The van der Waals surface area contributed by atoms with Gasteiger partial charge in [-0.25, -0.2) is 4.98 Å². The van der Waals surface area contributed by atoms with Crippen LogP contribution in [0, 0.1) is 10.1 Å². The number of nitro benzene ring substituents is 1. The molecule has 0 saturated carbocycles.